The summed E-state index contributed by atoms with van der Waals surface area (Å²) in [5.74, 6) is -0.718. The Bertz CT molecular complexity index is 562. The van der Waals surface area contributed by atoms with Gasteiger partial charge in [-0.25, -0.2) is 13.2 Å². The van der Waals surface area contributed by atoms with Gasteiger partial charge in [-0.2, -0.15) is 4.31 Å². The SMILES string of the molecule is CC1CC1CN(C)S(=O)(=O)c1ccc(C(=O)O)o1. The van der Waals surface area contributed by atoms with Crippen LogP contribution in [0.15, 0.2) is 21.6 Å². The summed E-state index contributed by atoms with van der Waals surface area (Å²) in [7, 11) is -2.25. The molecule has 1 aliphatic carbocycles. The Hall–Kier alpha value is -1.34. The van der Waals surface area contributed by atoms with Crippen molar-refractivity contribution in [2.24, 2.45) is 11.8 Å². The average molecular weight is 273 g/mol. The van der Waals surface area contributed by atoms with Gasteiger partial charge in [0.15, 0.2) is 0 Å². The first-order chi connectivity index (χ1) is 8.32. The third-order valence-corrected chi connectivity index (χ3v) is 4.92. The first-order valence-electron chi connectivity index (χ1n) is 5.62. The third kappa shape index (κ3) is 2.41. The maximum absolute atomic E-state index is 12.1. The van der Waals surface area contributed by atoms with Crippen LogP contribution in [-0.4, -0.2) is 37.4 Å². The zero-order chi connectivity index (χ0) is 13.5. The van der Waals surface area contributed by atoms with Crippen molar-refractivity contribution in [1.82, 2.24) is 4.31 Å². The molecule has 0 saturated heterocycles. The van der Waals surface area contributed by atoms with Gasteiger partial charge in [0.1, 0.15) is 0 Å². The van der Waals surface area contributed by atoms with E-state index in [4.69, 9.17) is 9.52 Å². The number of carboxylic acids is 1. The Morgan fingerprint density at radius 2 is 2.17 bits per heavy atom. The van der Waals surface area contributed by atoms with Crippen molar-refractivity contribution in [1.29, 1.82) is 0 Å². The van der Waals surface area contributed by atoms with E-state index in [2.05, 4.69) is 6.92 Å². The minimum atomic E-state index is -3.73. The molecule has 0 amide bonds. The second-order valence-electron chi connectivity index (χ2n) is 4.68. The fraction of sp³-hybridized carbons (Fsp3) is 0.545. The smallest absolute Gasteiger partial charge is 0.371 e. The van der Waals surface area contributed by atoms with Gasteiger partial charge < -0.3 is 9.52 Å². The predicted molar refractivity (Wildman–Crippen MR) is 62.8 cm³/mol. The molecule has 0 bridgehead atoms. The van der Waals surface area contributed by atoms with Gasteiger partial charge in [0, 0.05) is 13.6 Å². The van der Waals surface area contributed by atoms with Gasteiger partial charge >= 0.3 is 5.97 Å². The van der Waals surface area contributed by atoms with Crippen molar-refractivity contribution in [3.05, 3.63) is 17.9 Å². The highest BCUT2D eigenvalue weighted by molar-refractivity contribution is 7.89. The van der Waals surface area contributed by atoms with Crippen molar-refractivity contribution in [3.8, 4) is 0 Å². The first-order valence-corrected chi connectivity index (χ1v) is 7.06. The summed E-state index contributed by atoms with van der Waals surface area (Å²) in [6.07, 6.45) is 1.03. The molecule has 0 aliphatic heterocycles. The summed E-state index contributed by atoms with van der Waals surface area (Å²) in [6, 6.07) is 2.31. The van der Waals surface area contributed by atoms with Gasteiger partial charge in [0.25, 0.3) is 10.0 Å². The summed E-state index contributed by atoms with van der Waals surface area (Å²) >= 11 is 0. The maximum Gasteiger partial charge on any atom is 0.371 e. The van der Waals surface area contributed by atoms with Crippen LogP contribution < -0.4 is 0 Å². The Balaban J connectivity index is 2.15. The Morgan fingerprint density at radius 3 is 2.61 bits per heavy atom. The number of hydrogen-bond acceptors (Lipinski definition) is 4. The van der Waals surface area contributed by atoms with Crippen LogP contribution in [0.5, 0.6) is 0 Å². The van der Waals surface area contributed by atoms with Gasteiger partial charge in [0.2, 0.25) is 10.9 Å². The fourth-order valence-electron chi connectivity index (χ4n) is 1.81. The number of rotatable bonds is 5. The van der Waals surface area contributed by atoms with Crippen molar-refractivity contribution < 1.29 is 22.7 Å². The highest BCUT2D eigenvalue weighted by Crippen LogP contribution is 2.38. The first kappa shape index (κ1) is 13.1. The number of carbonyl (C=O) groups is 1. The molecule has 7 heteroatoms. The third-order valence-electron chi connectivity index (χ3n) is 3.22. The summed E-state index contributed by atoms with van der Waals surface area (Å²) in [4.78, 5) is 10.6. The van der Waals surface area contributed by atoms with Gasteiger partial charge in [-0.1, -0.05) is 6.92 Å². The summed E-state index contributed by atoms with van der Waals surface area (Å²) in [6.45, 7) is 2.51. The topological polar surface area (TPSA) is 87.8 Å². The number of aromatic carboxylic acids is 1. The largest absolute Gasteiger partial charge is 0.475 e. The number of carboxylic acid groups (broad SMARTS) is 1. The van der Waals surface area contributed by atoms with E-state index in [0.717, 1.165) is 12.5 Å². The molecule has 1 heterocycles. The number of nitrogens with zero attached hydrogens (tertiary/aromatic N) is 1. The second-order valence-corrected chi connectivity index (χ2v) is 6.66. The van der Waals surface area contributed by atoms with Crippen LogP contribution in [0.25, 0.3) is 0 Å². The molecule has 6 nitrogen and oxygen atoms in total. The van der Waals surface area contributed by atoms with Crippen LogP contribution in [0.4, 0.5) is 0 Å². The molecule has 0 radical (unpaired) electrons. The van der Waals surface area contributed by atoms with Crippen LogP contribution in [0.1, 0.15) is 23.9 Å². The van der Waals surface area contributed by atoms with Crippen LogP contribution in [-0.2, 0) is 10.0 Å². The molecule has 1 aliphatic rings. The number of hydrogen-bond donors (Lipinski definition) is 1. The highest BCUT2D eigenvalue weighted by atomic mass is 32.2. The van der Waals surface area contributed by atoms with E-state index in [1.807, 2.05) is 0 Å². The van der Waals surface area contributed by atoms with Crippen LogP contribution in [0.2, 0.25) is 0 Å². The van der Waals surface area contributed by atoms with Crippen LogP contribution >= 0.6 is 0 Å². The normalized spacial score (nSPS) is 23.3. The molecule has 100 valence electrons. The number of sulfonamides is 1. The van der Waals surface area contributed by atoms with Gasteiger partial charge in [-0.15, -0.1) is 0 Å². The summed E-state index contributed by atoms with van der Waals surface area (Å²) in [5.41, 5.74) is 0. The van der Waals surface area contributed by atoms with Gasteiger partial charge in [-0.05, 0) is 30.4 Å². The lowest BCUT2D eigenvalue weighted by Crippen LogP contribution is -2.29. The molecule has 18 heavy (non-hydrogen) atoms. The lowest BCUT2D eigenvalue weighted by molar-refractivity contribution is 0.0656. The minimum absolute atomic E-state index is 0.323. The van der Waals surface area contributed by atoms with E-state index in [1.54, 1.807) is 0 Å². The molecular formula is C11H15NO5S. The highest BCUT2D eigenvalue weighted by Gasteiger charge is 2.37. The van der Waals surface area contributed by atoms with Gasteiger partial charge in [-0.3, -0.25) is 0 Å². The molecule has 2 rings (SSSR count). The monoisotopic (exact) mass is 273 g/mol. The average Bonchev–Trinajstić information content (AvgIpc) is 2.83. The van der Waals surface area contributed by atoms with Crippen molar-refractivity contribution in [2.75, 3.05) is 13.6 Å². The standard InChI is InChI=1S/C11H15NO5S/c1-7-5-8(7)6-12(2)18(15,16)10-4-3-9(17-10)11(13)14/h3-4,7-8H,5-6H2,1-2H3,(H,13,14). The predicted octanol–water partition coefficient (Wildman–Crippen LogP) is 1.25. The zero-order valence-electron chi connectivity index (χ0n) is 10.2. The fourth-order valence-corrected chi connectivity index (χ4v) is 2.94. The molecule has 0 aromatic carbocycles. The molecule has 2 atom stereocenters. The van der Waals surface area contributed by atoms with E-state index < -0.39 is 16.0 Å². The maximum atomic E-state index is 12.1. The lowest BCUT2D eigenvalue weighted by atomic mass is 10.3. The Morgan fingerprint density at radius 1 is 1.56 bits per heavy atom. The Labute approximate surface area is 105 Å². The van der Waals surface area contributed by atoms with E-state index in [-0.39, 0.29) is 10.9 Å². The molecule has 1 fully saturated rings. The quantitative estimate of drug-likeness (QED) is 0.872. The van der Waals surface area contributed by atoms with Gasteiger partial charge in [0.05, 0.1) is 0 Å². The molecule has 1 N–H and O–H groups in total. The van der Waals surface area contributed by atoms with E-state index in [1.165, 1.54) is 17.4 Å². The molecular weight excluding hydrogens is 258 g/mol. The van der Waals surface area contributed by atoms with Crippen molar-refractivity contribution >= 4 is 16.0 Å². The molecule has 0 spiro atoms. The van der Waals surface area contributed by atoms with E-state index in [0.29, 0.717) is 18.4 Å². The van der Waals surface area contributed by atoms with Crippen molar-refractivity contribution in [2.45, 2.75) is 18.4 Å². The molecule has 1 aromatic heterocycles. The molecule has 2 unspecified atom stereocenters. The summed E-state index contributed by atoms with van der Waals surface area (Å²) in [5, 5.41) is 8.37. The molecule has 1 aromatic rings. The van der Waals surface area contributed by atoms with Crippen molar-refractivity contribution in [3.63, 3.8) is 0 Å². The van der Waals surface area contributed by atoms with E-state index >= 15 is 0 Å². The lowest BCUT2D eigenvalue weighted by Gasteiger charge is -2.14. The zero-order valence-corrected chi connectivity index (χ0v) is 11.0. The van der Waals surface area contributed by atoms with Crippen LogP contribution in [0.3, 0.4) is 0 Å². The number of furan rings is 1. The van der Waals surface area contributed by atoms with Crippen LogP contribution in [0, 0.1) is 11.8 Å². The van der Waals surface area contributed by atoms with E-state index in [9.17, 15) is 13.2 Å². The molecule has 1 saturated carbocycles. The second kappa shape index (κ2) is 4.40. The minimum Gasteiger partial charge on any atom is -0.475 e. The Kier molecular flexibility index (Phi) is 3.20. The summed E-state index contributed by atoms with van der Waals surface area (Å²) < 4.78 is 30.2.